The van der Waals surface area contributed by atoms with Crippen molar-refractivity contribution < 1.29 is 18.6 Å². The zero-order valence-electron chi connectivity index (χ0n) is 11.2. The van der Waals surface area contributed by atoms with Crippen molar-refractivity contribution in [3.63, 3.8) is 0 Å². The molecule has 5 N–H and O–H groups in total. The van der Waals surface area contributed by atoms with Crippen LogP contribution >= 0.6 is 0 Å². The molecule has 0 heterocycles. The monoisotopic (exact) mass is 308 g/mol. The zero-order valence-corrected chi connectivity index (χ0v) is 12.0. The molecule has 0 saturated heterocycles. The van der Waals surface area contributed by atoms with Gasteiger partial charge in [-0.25, -0.2) is 13.6 Å². The second-order valence-corrected chi connectivity index (χ2v) is 6.17. The van der Waals surface area contributed by atoms with Gasteiger partial charge in [-0.2, -0.15) is 0 Å². The highest BCUT2D eigenvalue weighted by Gasteiger charge is 2.08. The van der Waals surface area contributed by atoms with E-state index in [2.05, 4.69) is 5.32 Å². The van der Waals surface area contributed by atoms with Gasteiger partial charge in [-0.05, 0) is 23.8 Å². The van der Waals surface area contributed by atoms with Crippen LogP contribution in [0.15, 0.2) is 47.4 Å². The van der Waals surface area contributed by atoms with Crippen LogP contribution in [0.5, 0.6) is 11.5 Å². The van der Waals surface area contributed by atoms with Crippen molar-refractivity contribution in [1.29, 1.82) is 0 Å². The third-order valence-electron chi connectivity index (χ3n) is 2.94. The summed E-state index contributed by atoms with van der Waals surface area (Å²) in [5.74, 6) is -0.00195. The number of sulfonamides is 1. The predicted molar refractivity (Wildman–Crippen MR) is 78.1 cm³/mol. The molecule has 0 aromatic heterocycles. The molecule has 2 rings (SSSR count). The number of hydrogen-bond acceptors (Lipinski definition) is 5. The molecule has 0 radical (unpaired) electrons. The second-order valence-electron chi connectivity index (χ2n) is 4.61. The molecule has 0 spiro atoms. The lowest BCUT2D eigenvalue weighted by molar-refractivity contribution is 0.443. The summed E-state index contributed by atoms with van der Waals surface area (Å²) in [5.41, 5.74) is 1.40. The van der Waals surface area contributed by atoms with Crippen molar-refractivity contribution >= 4 is 10.0 Å². The molecule has 7 heteroatoms. The van der Waals surface area contributed by atoms with Crippen molar-refractivity contribution in [2.24, 2.45) is 5.14 Å². The minimum Gasteiger partial charge on any atom is -0.508 e. The molecule has 2 aromatic carbocycles. The normalized spacial score (nSPS) is 11.5. The lowest BCUT2D eigenvalue weighted by Crippen LogP contribution is -2.15. The Hall–Kier alpha value is -2.09. The van der Waals surface area contributed by atoms with Gasteiger partial charge in [0.1, 0.15) is 11.5 Å². The van der Waals surface area contributed by atoms with Gasteiger partial charge in [-0.3, -0.25) is 0 Å². The topological polar surface area (TPSA) is 113 Å². The Balaban J connectivity index is 2.01. The number of aromatic hydroxyl groups is 2. The van der Waals surface area contributed by atoms with Gasteiger partial charge in [0.25, 0.3) is 0 Å². The van der Waals surface area contributed by atoms with E-state index in [0.717, 1.165) is 5.56 Å². The van der Waals surface area contributed by atoms with Gasteiger partial charge >= 0.3 is 0 Å². The van der Waals surface area contributed by atoms with Crippen LogP contribution in [0.2, 0.25) is 0 Å². The minimum atomic E-state index is -3.71. The van der Waals surface area contributed by atoms with E-state index in [9.17, 15) is 18.6 Å². The van der Waals surface area contributed by atoms with Crippen LogP contribution in [0.1, 0.15) is 11.1 Å². The number of nitrogens with one attached hydrogen (secondary N) is 1. The predicted octanol–water partition coefficient (Wildman–Crippen LogP) is 1.03. The van der Waals surface area contributed by atoms with Crippen LogP contribution in [0.25, 0.3) is 0 Å². The summed E-state index contributed by atoms with van der Waals surface area (Å²) in [6.45, 7) is 0.801. The molecular formula is C14H16N2O4S. The first-order chi connectivity index (χ1) is 9.86. The molecule has 0 bridgehead atoms. The average molecular weight is 308 g/mol. The number of phenolic OH excluding ortho intramolecular Hbond substituents is 2. The van der Waals surface area contributed by atoms with Gasteiger partial charge in [0, 0.05) is 24.7 Å². The van der Waals surface area contributed by atoms with E-state index in [-0.39, 0.29) is 16.4 Å². The smallest absolute Gasteiger partial charge is 0.238 e. The van der Waals surface area contributed by atoms with Crippen LogP contribution in [-0.4, -0.2) is 18.6 Å². The molecule has 0 aliphatic carbocycles. The van der Waals surface area contributed by atoms with Crippen molar-refractivity contribution in [2.75, 3.05) is 0 Å². The van der Waals surface area contributed by atoms with E-state index in [1.165, 1.54) is 24.3 Å². The molecule has 112 valence electrons. The van der Waals surface area contributed by atoms with Crippen molar-refractivity contribution in [2.45, 2.75) is 18.0 Å². The summed E-state index contributed by atoms with van der Waals surface area (Å²) in [4.78, 5) is 0.0641. The van der Waals surface area contributed by atoms with E-state index in [0.29, 0.717) is 18.7 Å². The summed E-state index contributed by atoms with van der Waals surface area (Å²) in [6, 6.07) is 10.7. The van der Waals surface area contributed by atoms with Gasteiger partial charge in [-0.1, -0.05) is 18.2 Å². The molecule has 2 aromatic rings. The summed E-state index contributed by atoms with van der Waals surface area (Å²) in [6.07, 6.45) is 0. The van der Waals surface area contributed by atoms with Crippen LogP contribution < -0.4 is 10.5 Å². The maximum absolute atomic E-state index is 11.3. The van der Waals surface area contributed by atoms with Crippen LogP contribution in [0, 0.1) is 0 Å². The number of rotatable bonds is 5. The van der Waals surface area contributed by atoms with Crippen LogP contribution in [0.3, 0.4) is 0 Å². The van der Waals surface area contributed by atoms with Gasteiger partial charge in [0.15, 0.2) is 0 Å². The van der Waals surface area contributed by atoms with Crippen LogP contribution in [-0.2, 0) is 23.1 Å². The average Bonchev–Trinajstić information content (AvgIpc) is 2.41. The summed E-state index contributed by atoms with van der Waals surface area (Å²) < 4.78 is 22.5. The Kier molecular flexibility index (Phi) is 4.46. The Labute approximate surface area is 122 Å². The van der Waals surface area contributed by atoms with E-state index in [1.807, 2.05) is 0 Å². The molecule has 21 heavy (non-hydrogen) atoms. The molecule has 0 unspecified atom stereocenters. The summed E-state index contributed by atoms with van der Waals surface area (Å²) in [7, 11) is -3.71. The van der Waals surface area contributed by atoms with Gasteiger partial charge < -0.3 is 15.5 Å². The highest BCUT2D eigenvalue weighted by molar-refractivity contribution is 7.89. The molecule has 0 aliphatic rings. The van der Waals surface area contributed by atoms with Gasteiger partial charge in [0.2, 0.25) is 10.0 Å². The Morgan fingerprint density at radius 1 is 1.05 bits per heavy atom. The Morgan fingerprint density at radius 3 is 2.48 bits per heavy atom. The van der Waals surface area contributed by atoms with E-state index < -0.39 is 10.0 Å². The third-order valence-corrected chi connectivity index (χ3v) is 3.85. The fourth-order valence-corrected chi connectivity index (χ4v) is 2.46. The van der Waals surface area contributed by atoms with Crippen molar-refractivity contribution in [3.8, 4) is 11.5 Å². The Bertz CT molecular complexity index is 744. The largest absolute Gasteiger partial charge is 0.508 e. The van der Waals surface area contributed by atoms with E-state index >= 15 is 0 Å². The standard InChI is InChI=1S/C14H16N2O4S/c15-21(19,20)13-3-1-2-10(6-13)8-16-9-11-4-5-12(17)7-14(11)18/h1-7,16-18H,8-9H2,(H2,15,19,20). The lowest BCUT2D eigenvalue weighted by Gasteiger charge is -2.08. The highest BCUT2D eigenvalue weighted by atomic mass is 32.2. The fraction of sp³-hybridized carbons (Fsp3) is 0.143. The Morgan fingerprint density at radius 2 is 1.81 bits per heavy atom. The maximum Gasteiger partial charge on any atom is 0.238 e. The minimum absolute atomic E-state index is 0.000728. The van der Waals surface area contributed by atoms with Crippen LogP contribution in [0.4, 0.5) is 0 Å². The quantitative estimate of drug-likeness (QED) is 0.659. The lowest BCUT2D eigenvalue weighted by atomic mass is 10.2. The number of primary sulfonamides is 1. The highest BCUT2D eigenvalue weighted by Crippen LogP contribution is 2.22. The number of benzene rings is 2. The third kappa shape index (κ3) is 4.19. The number of nitrogens with two attached hydrogens (primary N) is 1. The van der Waals surface area contributed by atoms with E-state index in [1.54, 1.807) is 18.2 Å². The second kappa shape index (κ2) is 6.13. The first-order valence-corrected chi connectivity index (χ1v) is 7.74. The van der Waals surface area contributed by atoms with Gasteiger partial charge in [0.05, 0.1) is 4.90 Å². The van der Waals surface area contributed by atoms with Crippen molar-refractivity contribution in [3.05, 3.63) is 53.6 Å². The van der Waals surface area contributed by atoms with E-state index in [4.69, 9.17) is 5.14 Å². The molecule has 0 amide bonds. The molecule has 6 nitrogen and oxygen atoms in total. The first kappa shape index (κ1) is 15.3. The molecule has 0 aliphatic heterocycles. The molecule has 0 saturated carbocycles. The SMILES string of the molecule is NS(=O)(=O)c1cccc(CNCc2ccc(O)cc2O)c1. The number of hydrogen-bond donors (Lipinski definition) is 4. The number of phenols is 2. The van der Waals surface area contributed by atoms with Crippen molar-refractivity contribution in [1.82, 2.24) is 5.32 Å². The molecule has 0 atom stereocenters. The fourth-order valence-electron chi connectivity index (χ4n) is 1.88. The van der Waals surface area contributed by atoms with Gasteiger partial charge in [-0.15, -0.1) is 0 Å². The summed E-state index contributed by atoms with van der Waals surface area (Å²) in [5, 5.41) is 27.0. The maximum atomic E-state index is 11.3. The first-order valence-electron chi connectivity index (χ1n) is 6.19. The summed E-state index contributed by atoms with van der Waals surface area (Å²) >= 11 is 0. The zero-order chi connectivity index (χ0) is 15.5. The molecule has 0 fully saturated rings. The molecular weight excluding hydrogens is 292 g/mol.